The molecule has 0 aromatic carbocycles. The molecule has 0 saturated heterocycles. The quantitative estimate of drug-likeness (QED) is 0.456. The van der Waals surface area contributed by atoms with Gasteiger partial charge in [-0.05, 0) is 5.92 Å². The van der Waals surface area contributed by atoms with Gasteiger partial charge in [-0.15, -0.1) is 6.42 Å². The van der Waals surface area contributed by atoms with Crippen LogP contribution in [0.5, 0.6) is 0 Å². The van der Waals surface area contributed by atoms with Crippen LogP contribution < -0.4 is 10.9 Å². The van der Waals surface area contributed by atoms with Crippen molar-refractivity contribution in [1.29, 1.82) is 0 Å². The summed E-state index contributed by atoms with van der Waals surface area (Å²) in [5.74, 6) is 1.75. The Labute approximate surface area is 69.2 Å². The Hall–Kier alpha value is -2.09. The van der Waals surface area contributed by atoms with E-state index in [1.54, 1.807) is 0 Å². The smallest absolute Gasteiger partial charge is 0.280 e. The number of anilines is 1. The third-order valence-electron chi connectivity index (χ3n) is 0.998. The minimum absolute atomic E-state index is 0.432. The summed E-state index contributed by atoms with van der Waals surface area (Å²) in [6.07, 6.45) is 9.27. The second kappa shape index (κ2) is 3.93. The molecule has 5 heteroatoms. The molecule has 0 aliphatic heterocycles. The first-order chi connectivity index (χ1) is 5.83. The van der Waals surface area contributed by atoms with Crippen LogP contribution in [-0.4, -0.2) is 15.9 Å². The second-order valence-corrected chi connectivity index (χ2v) is 1.81. The van der Waals surface area contributed by atoms with Gasteiger partial charge in [0.05, 0.1) is 6.20 Å². The predicted molar refractivity (Wildman–Crippen MR) is 42.6 cm³/mol. The number of hydrogen-bond acceptors (Lipinski definition) is 4. The second-order valence-electron chi connectivity index (χ2n) is 1.81. The van der Waals surface area contributed by atoms with Gasteiger partial charge in [-0.25, -0.2) is 4.98 Å². The highest BCUT2D eigenvalue weighted by Gasteiger charge is 1.93. The van der Waals surface area contributed by atoms with Gasteiger partial charge in [0.2, 0.25) is 0 Å². The van der Waals surface area contributed by atoms with E-state index in [-0.39, 0.29) is 0 Å². The lowest BCUT2D eigenvalue weighted by molar-refractivity contribution is -0.115. The van der Waals surface area contributed by atoms with Crippen molar-refractivity contribution in [3.05, 3.63) is 18.6 Å². The number of amides is 1. The van der Waals surface area contributed by atoms with Gasteiger partial charge in [0.15, 0.2) is 5.82 Å². The van der Waals surface area contributed by atoms with E-state index in [9.17, 15) is 4.79 Å². The number of carbonyl (C=O) groups excluding carboxylic acids is 1. The number of aromatic nitrogens is 2. The number of carbonyl (C=O) groups is 1. The summed E-state index contributed by atoms with van der Waals surface area (Å²) in [6, 6.07) is 0. The standard InChI is InChI=1S/C7H6N4O/c1-2-7(12)11-10-6-5-8-3-4-9-6/h1,3-5H,(H,9,10)(H,11,12). The largest absolute Gasteiger partial charge is 0.314 e. The molecule has 60 valence electrons. The number of rotatable bonds is 2. The van der Waals surface area contributed by atoms with Gasteiger partial charge >= 0.3 is 5.91 Å². The van der Waals surface area contributed by atoms with Gasteiger partial charge in [-0.3, -0.25) is 20.6 Å². The minimum atomic E-state index is -0.555. The average Bonchev–Trinajstić information content (AvgIpc) is 2.16. The predicted octanol–water partition coefficient (Wildman–Crippen LogP) is -0.447. The maximum atomic E-state index is 10.5. The summed E-state index contributed by atoms with van der Waals surface area (Å²) in [7, 11) is 0. The molecule has 0 radical (unpaired) electrons. The zero-order valence-electron chi connectivity index (χ0n) is 6.11. The first-order valence-corrected chi connectivity index (χ1v) is 3.11. The zero-order chi connectivity index (χ0) is 8.81. The molecule has 2 N–H and O–H groups in total. The van der Waals surface area contributed by atoms with Crippen LogP contribution in [0.15, 0.2) is 18.6 Å². The van der Waals surface area contributed by atoms with Crippen molar-refractivity contribution < 1.29 is 4.79 Å². The van der Waals surface area contributed by atoms with Crippen molar-refractivity contribution in [1.82, 2.24) is 15.4 Å². The van der Waals surface area contributed by atoms with E-state index in [1.807, 2.05) is 5.92 Å². The molecule has 0 aliphatic carbocycles. The SMILES string of the molecule is C#CC(=O)NNc1cnccn1. The van der Waals surface area contributed by atoms with Crippen LogP contribution in [-0.2, 0) is 4.79 Å². The average molecular weight is 162 g/mol. The molecule has 0 unspecified atom stereocenters. The highest BCUT2D eigenvalue weighted by molar-refractivity contribution is 5.93. The Morgan fingerprint density at radius 1 is 1.58 bits per heavy atom. The van der Waals surface area contributed by atoms with Crippen LogP contribution in [0.3, 0.4) is 0 Å². The molecule has 0 bridgehead atoms. The molecular weight excluding hydrogens is 156 g/mol. The Morgan fingerprint density at radius 2 is 2.42 bits per heavy atom. The zero-order valence-corrected chi connectivity index (χ0v) is 6.11. The van der Waals surface area contributed by atoms with Crippen LogP contribution in [0.4, 0.5) is 5.82 Å². The van der Waals surface area contributed by atoms with Gasteiger partial charge in [-0.2, -0.15) is 0 Å². The van der Waals surface area contributed by atoms with E-state index in [0.29, 0.717) is 5.82 Å². The van der Waals surface area contributed by atoms with Crippen molar-refractivity contribution in [3.63, 3.8) is 0 Å². The summed E-state index contributed by atoms with van der Waals surface area (Å²) in [6.45, 7) is 0. The van der Waals surface area contributed by atoms with E-state index in [4.69, 9.17) is 6.42 Å². The maximum Gasteiger partial charge on any atom is 0.314 e. The number of hydrazine groups is 1. The minimum Gasteiger partial charge on any atom is -0.280 e. The van der Waals surface area contributed by atoms with E-state index in [1.165, 1.54) is 18.6 Å². The Balaban J connectivity index is 2.45. The topological polar surface area (TPSA) is 66.9 Å². The number of nitrogens with zero attached hydrogens (tertiary/aromatic N) is 2. The number of hydrogen-bond donors (Lipinski definition) is 2. The number of nitrogens with one attached hydrogen (secondary N) is 2. The highest BCUT2D eigenvalue weighted by Crippen LogP contribution is 1.92. The van der Waals surface area contributed by atoms with Crippen LogP contribution in [0.25, 0.3) is 0 Å². The fourth-order valence-corrected chi connectivity index (χ4v) is 0.521. The van der Waals surface area contributed by atoms with E-state index in [2.05, 4.69) is 20.8 Å². The normalized spacial score (nSPS) is 8.25. The third kappa shape index (κ3) is 2.27. The van der Waals surface area contributed by atoms with Crippen molar-refractivity contribution in [2.75, 3.05) is 5.43 Å². The highest BCUT2D eigenvalue weighted by atomic mass is 16.2. The Bertz CT molecular complexity index is 303. The first kappa shape index (κ1) is 8.01. The fourth-order valence-electron chi connectivity index (χ4n) is 0.521. The van der Waals surface area contributed by atoms with Gasteiger partial charge in [0, 0.05) is 12.4 Å². The lowest BCUT2D eigenvalue weighted by atomic mass is 10.6. The van der Waals surface area contributed by atoms with Crippen LogP contribution in [0.2, 0.25) is 0 Å². The Kier molecular flexibility index (Phi) is 2.62. The van der Waals surface area contributed by atoms with Gasteiger partial charge in [-0.1, -0.05) is 0 Å². The maximum absolute atomic E-state index is 10.5. The third-order valence-corrected chi connectivity index (χ3v) is 0.998. The monoisotopic (exact) mass is 162 g/mol. The molecule has 0 fully saturated rings. The summed E-state index contributed by atoms with van der Waals surface area (Å²) >= 11 is 0. The molecule has 1 aromatic rings. The van der Waals surface area contributed by atoms with E-state index < -0.39 is 5.91 Å². The van der Waals surface area contributed by atoms with Crippen LogP contribution in [0.1, 0.15) is 0 Å². The molecule has 0 spiro atoms. The molecule has 1 aromatic heterocycles. The summed E-state index contributed by atoms with van der Waals surface area (Å²) in [5.41, 5.74) is 4.70. The van der Waals surface area contributed by atoms with Crippen molar-refractivity contribution >= 4 is 11.7 Å². The van der Waals surface area contributed by atoms with Crippen LogP contribution in [0, 0.1) is 12.3 Å². The molecule has 0 aliphatic rings. The Morgan fingerprint density at radius 3 is 3.00 bits per heavy atom. The van der Waals surface area contributed by atoms with E-state index in [0.717, 1.165) is 0 Å². The molecule has 0 saturated carbocycles. The molecule has 1 rings (SSSR count). The first-order valence-electron chi connectivity index (χ1n) is 3.11. The summed E-state index contributed by atoms with van der Waals surface area (Å²) < 4.78 is 0. The summed E-state index contributed by atoms with van der Waals surface area (Å²) in [4.78, 5) is 18.1. The molecule has 1 heterocycles. The molecule has 1 amide bonds. The van der Waals surface area contributed by atoms with Gasteiger partial charge < -0.3 is 0 Å². The molecule has 0 atom stereocenters. The molecule has 12 heavy (non-hydrogen) atoms. The summed E-state index contributed by atoms with van der Waals surface area (Å²) in [5, 5.41) is 0. The van der Waals surface area contributed by atoms with Gasteiger partial charge in [0.25, 0.3) is 0 Å². The lowest BCUT2D eigenvalue weighted by Gasteiger charge is -2.01. The van der Waals surface area contributed by atoms with E-state index >= 15 is 0 Å². The molecular formula is C7H6N4O. The van der Waals surface area contributed by atoms with Crippen LogP contribution >= 0.6 is 0 Å². The van der Waals surface area contributed by atoms with Crippen molar-refractivity contribution in [2.45, 2.75) is 0 Å². The lowest BCUT2D eigenvalue weighted by Crippen LogP contribution is -2.28. The van der Waals surface area contributed by atoms with Crippen molar-refractivity contribution in [2.24, 2.45) is 0 Å². The molecule has 5 nitrogen and oxygen atoms in total. The fraction of sp³-hybridized carbons (Fsp3) is 0. The van der Waals surface area contributed by atoms with Crippen molar-refractivity contribution in [3.8, 4) is 12.3 Å². The van der Waals surface area contributed by atoms with Gasteiger partial charge in [0.1, 0.15) is 0 Å². The number of terminal acetylenes is 1.